The number of rotatable bonds is 2. The van der Waals surface area contributed by atoms with E-state index in [-0.39, 0.29) is 5.91 Å². The van der Waals surface area contributed by atoms with E-state index in [1.807, 2.05) is 17.0 Å². The van der Waals surface area contributed by atoms with Crippen molar-refractivity contribution in [2.75, 3.05) is 33.2 Å². The van der Waals surface area contributed by atoms with Gasteiger partial charge < -0.3 is 9.80 Å². The lowest BCUT2D eigenvalue weighted by Crippen LogP contribution is -2.47. The summed E-state index contributed by atoms with van der Waals surface area (Å²) in [5, 5.41) is 8.71. The summed E-state index contributed by atoms with van der Waals surface area (Å²) < 4.78 is 0. The highest BCUT2D eigenvalue weighted by Gasteiger charge is 2.18. The van der Waals surface area contributed by atoms with E-state index in [0.717, 1.165) is 31.7 Å². The molecule has 0 unspecified atom stereocenters. The van der Waals surface area contributed by atoms with Gasteiger partial charge in [-0.2, -0.15) is 5.26 Å². The molecule has 2 rings (SSSR count). The molecule has 1 fully saturated rings. The number of amides is 1. The molecule has 0 atom stereocenters. The molecule has 0 spiro atoms. The van der Waals surface area contributed by atoms with E-state index in [1.54, 1.807) is 12.1 Å². The number of likely N-dealkylation sites (N-methyl/N-ethyl adjacent to an activating group) is 1. The molecule has 0 aliphatic carbocycles. The number of benzene rings is 1. The normalized spacial score (nSPS) is 16.3. The van der Waals surface area contributed by atoms with Crippen LogP contribution in [0.5, 0.6) is 0 Å². The van der Waals surface area contributed by atoms with Gasteiger partial charge in [0, 0.05) is 26.2 Å². The molecule has 1 heterocycles. The summed E-state index contributed by atoms with van der Waals surface area (Å²) in [7, 11) is 2.07. The van der Waals surface area contributed by atoms with Gasteiger partial charge in [-0.1, -0.05) is 12.1 Å². The molecule has 4 nitrogen and oxygen atoms in total. The van der Waals surface area contributed by atoms with Crippen molar-refractivity contribution >= 4 is 5.91 Å². The monoisotopic (exact) mass is 243 g/mol. The number of piperazine rings is 1. The fourth-order valence-corrected chi connectivity index (χ4v) is 2.04. The van der Waals surface area contributed by atoms with E-state index in [2.05, 4.69) is 18.0 Å². The highest BCUT2D eigenvalue weighted by Crippen LogP contribution is 2.07. The van der Waals surface area contributed by atoms with Crippen LogP contribution < -0.4 is 0 Å². The Morgan fingerprint density at radius 3 is 2.39 bits per heavy atom. The van der Waals surface area contributed by atoms with Crippen LogP contribution in [0, 0.1) is 11.3 Å². The molecule has 18 heavy (non-hydrogen) atoms. The summed E-state index contributed by atoms with van der Waals surface area (Å²) in [5.74, 6) is 0.174. The molecule has 0 N–H and O–H groups in total. The van der Waals surface area contributed by atoms with Crippen molar-refractivity contribution in [1.82, 2.24) is 9.80 Å². The summed E-state index contributed by atoms with van der Waals surface area (Å²) in [6, 6.07) is 9.30. The number of hydrogen-bond acceptors (Lipinski definition) is 3. The van der Waals surface area contributed by atoms with Gasteiger partial charge in [0.2, 0.25) is 5.91 Å². The molecule has 1 aromatic carbocycles. The second-order valence-electron chi connectivity index (χ2n) is 4.67. The Labute approximate surface area is 107 Å². The van der Waals surface area contributed by atoms with Gasteiger partial charge in [-0.3, -0.25) is 4.79 Å². The Bertz CT molecular complexity index is 453. The van der Waals surface area contributed by atoms with Gasteiger partial charge >= 0.3 is 0 Å². The predicted molar refractivity (Wildman–Crippen MR) is 68.9 cm³/mol. The van der Waals surface area contributed by atoms with Gasteiger partial charge in [-0.25, -0.2) is 0 Å². The first-order chi connectivity index (χ1) is 8.69. The maximum atomic E-state index is 12.1. The van der Waals surface area contributed by atoms with Gasteiger partial charge in [0.1, 0.15) is 0 Å². The molecule has 1 amide bonds. The zero-order chi connectivity index (χ0) is 13.0. The molecule has 0 saturated carbocycles. The number of nitriles is 1. The van der Waals surface area contributed by atoms with Crippen molar-refractivity contribution in [1.29, 1.82) is 5.26 Å². The molecular weight excluding hydrogens is 226 g/mol. The molecule has 0 bridgehead atoms. The van der Waals surface area contributed by atoms with E-state index in [0.29, 0.717) is 12.0 Å². The quantitative estimate of drug-likeness (QED) is 0.774. The molecule has 0 radical (unpaired) electrons. The van der Waals surface area contributed by atoms with Crippen molar-refractivity contribution < 1.29 is 4.79 Å². The Morgan fingerprint density at radius 1 is 1.22 bits per heavy atom. The topological polar surface area (TPSA) is 47.3 Å². The van der Waals surface area contributed by atoms with Crippen molar-refractivity contribution in [3.63, 3.8) is 0 Å². The summed E-state index contributed by atoms with van der Waals surface area (Å²) in [6.07, 6.45) is 0.426. The summed E-state index contributed by atoms with van der Waals surface area (Å²) in [4.78, 5) is 16.2. The van der Waals surface area contributed by atoms with Gasteiger partial charge in [-0.15, -0.1) is 0 Å². The van der Waals surface area contributed by atoms with Crippen LogP contribution in [0.4, 0.5) is 0 Å². The maximum absolute atomic E-state index is 12.1. The SMILES string of the molecule is CN1CCN(C(=O)Cc2ccc(C#N)cc2)CC1. The number of hydrogen-bond donors (Lipinski definition) is 0. The smallest absolute Gasteiger partial charge is 0.227 e. The van der Waals surface area contributed by atoms with Gasteiger partial charge in [-0.05, 0) is 24.7 Å². The zero-order valence-corrected chi connectivity index (χ0v) is 10.6. The highest BCUT2D eigenvalue weighted by atomic mass is 16.2. The highest BCUT2D eigenvalue weighted by molar-refractivity contribution is 5.78. The average Bonchev–Trinajstić information content (AvgIpc) is 2.40. The Hall–Kier alpha value is -1.86. The lowest BCUT2D eigenvalue weighted by atomic mass is 10.1. The fourth-order valence-electron chi connectivity index (χ4n) is 2.04. The summed E-state index contributed by atoms with van der Waals surface area (Å²) >= 11 is 0. The molecule has 1 aliphatic rings. The maximum Gasteiger partial charge on any atom is 0.227 e. The average molecular weight is 243 g/mol. The van der Waals surface area contributed by atoms with Crippen LogP contribution in [0.1, 0.15) is 11.1 Å². The van der Waals surface area contributed by atoms with E-state index in [1.165, 1.54) is 0 Å². The lowest BCUT2D eigenvalue weighted by Gasteiger charge is -2.32. The third kappa shape index (κ3) is 3.08. The van der Waals surface area contributed by atoms with Crippen molar-refractivity contribution in [2.45, 2.75) is 6.42 Å². The Balaban J connectivity index is 1.92. The van der Waals surface area contributed by atoms with Gasteiger partial charge in [0.15, 0.2) is 0 Å². The minimum atomic E-state index is 0.174. The van der Waals surface area contributed by atoms with E-state index in [9.17, 15) is 4.79 Å². The standard InChI is InChI=1S/C14H17N3O/c1-16-6-8-17(9-7-16)14(18)10-12-2-4-13(11-15)5-3-12/h2-5H,6-10H2,1H3. The van der Waals surface area contributed by atoms with E-state index in [4.69, 9.17) is 5.26 Å². The molecule has 1 aromatic rings. The Morgan fingerprint density at radius 2 is 1.83 bits per heavy atom. The first-order valence-corrected chi connectivity index (χ1v) is 6.14. The van der Waals surface area contributed by atoms with Gasteiger partial charge in [0.05, 0.1) is 18.1 Å². The first-order valence-electron chi connectivity index (χ1n) is 6.14. The van der Waals surface area contributed by atoms with Crippen LogP contribution in [-0.4, -0.2) is 48.9 Å². The second-order valence-corrected chi connectivity index (χ2v) is 4.67. The minimum absolute atomic E-state index is 0.174. The van der Waals surface area contributed by atoms with Crippen LogP contribution in [0.15, 0.2) is 24.3 Å². The molecule has 94 valence electrons. The fraction of sp³-hybridized carbons (Fsp3) is 0.429. The largest absolute Gasteiger partial charge is 0.340 e. The number of nitrogens with zero attached hydrogens (tertiary/aromatic N) is 3. The predicted octanol–water partition coefficient (Wildman–Crippen LogP) is 0.875. The minimum Gasteiger partial charge on any atom is -0.340 e. The Kier molecular flexibility index (Phi) is 3.96. The first kappa shape index (κ1) is 12.6. The molecular formula is C14H17N3O. The van der Waals surface area contributed by atoms with Crippen molar-refractivity contribution in [3.05, 3.63) is 35.4 Å². The van der Waals surface area contributed by atoms with Crippen LogP contribution >= 0.6 is 0 Å². The number of carbonyl (C=O) groups excluding carboxylic acids is 1. The second kappa shape index (κ2) is 5.65. The van der Waals surface area contributed by atoms with Gasteiger partial charge in [0.25, 0.3) is 0 Å². The van der Waals surface area contributed by atoms with Crippen molar-refractivity contribution in [3.8, 4) is 6.07 Å². The van der Waals surface area contributed by atoms with E-state index < -0.39 is 0 Å². The third-order valence-corrected chi connectivity index (χ3v) is 3.29. The van der Waals surface area contributed by atoms with Crippen LogP contribution in [0.2, 0.25) is 0 Å². The molecule has 1 saturated heterocycles. The zero-order valence-electron chi connectivity index (χ0n) is 10.6. The molecule has 0 aromatic heterocycles. The van der Waals surface area contributed by atoms with Crippen LogP contribution in [-0.2, 0) is 11.2 Å². The van der Waals surface area contributed by atoms with Crippen molar-refractivity contribution in [2.24, 2.45) is 0 Å². The summed E-state index contributed by atoms with van der Waals surface area (Å²) in [5.41, 5.74) is 1.60. The van der Waals surface area contributed by atoms with Crippen LogP contribution in [0.25, 0.3) is 0 Å². The van der Waals surface area contributed by atoms with E-state index >= 15 is 0 Å². The summed E-state index contributed by atoms with van der Waals surface area (Å²) in [6.45, 7) is 3.51. The lowest BCUT2D eigenvalue weighted by molar-refractivity contribution is -0.132. The number of carbonyl (C=O) groups is 1. The molecule has 1 aliphatic heterocycles. The van der Waals surface area contributed by atoms with Crippen LogP contribution in [0.3, 0.4) is 0 Å². The molecule has 4 heteroatoms. The third-order valence-electron chi connectivity index (χ3n) is 3.29.